The topological polar surface area (TPSA) is 88.1 Å². The van der Waals surface area contributed by atoms with Crippen LogP contribution >= 0.6 is 11.6 Å². The molecule has 41 heavy (non-hydrogen) atoms. The molecule has 0 spiro atoms. The summed E-state index contributed by atoms with van der Waals surface area (Å²) < 4.78 is 33.7. The van der Waals surface area contributed by atoms with Gasteiger partial charge in [0.2, 0.25) is 0 Å². The van der Waals surface area contributed by atoms with Crippen LogP contribution in [-0.2, 0) is 21.4 Å². The van der Waals surface area contributed by atoms with Gasteiger partial charge >= 0.3 is 0 Å². The van der Waals surface area contributed by atoms with Crippen LogP contribution in [0.25, 0.3) is 10.8 Å². The number of fused-ring (bicyclic) bond motifs is 1. The first-order valence-electron chi connectivity index (χ1n) is 12.7. The fourth-order valence-electron chi connectivity index (χ4n) is 4.22. The second kappa shape index (κ2) is 12.7. The summed E-state index contributed by atoms with van der Waals surface area (Å²) in [4.78, 5) is 12.8. The van der Waals surface area contributed by atoms with Gasteiger partial charge in [-0.2, -0.15) is 5.10 Å². The Morgan fingerprint density at radius 3 is 2.27 bits per heavy atom. The molecule has 0 saturated carbocycles. The van der Waals surface area contributed by atoms with Gasteiger partial charge in [0, 0.05) is 5.02 Å². The van der Waals surface area contributed by atoms with Crippen molar-refractivity contribution in [2.45, 2.75) is 11.5 Å². The number of halogens is 1. The summed E-state index contributed by atoms with van der Waals surface area (Å²) in [5.74, 6) is 0.0922. The first kappa shape index (κ1) is 27.9. The molecule has 0 atom stereocenters. The third-order valence-electron chi connectivity index (χ3n) is 6.29. The van der Waals surface area contributed by atoms with Crippen molar-refractivity contribution in [3.8, 4) is 5.75 Å². The van der Waals surface area contributed by atoms with E-state index in [1.807, 2.05) is 48.5 Å². The van der Waals surface area contributed by atoms with Gasteiger partial charge in [0.05, 0.1) is 16.8 Å². The Hall–Kier alpha value is -4.66. The van der Waals surface area contributed by atoms with Crippen LogP contribution in [0.3, 0.4) is 0 Å². The van der Waals surface area contributed by atoms with Gasteiger partial charge in [0.15, 0.2) is 0 Å². The van der Waals surface area contributed by atoms with E-state index in [0.29, 0.717) is 23.1 Å². The number of amides is 1. The minimum Gasteiger partial charge on any atom is -0.489 e. The Bertz CT molecular complexity index is 1770. The van der Waals surface area contributed by atoms with E-state index < -0.39 is 22.5 Å². The number of ether oxygens (including phenoxy) is 1. The maximum absolute atomic E-state index is 13.4. The average Bonchev–Trinajstić information content (AvgIpc) is 3.00. The number of rotatable bonds is 10. The van der Waals surface area contributed by atoms with Gasteiger partial charge in [0.25, 0.3) is 15.9 Å². The lowest BCUT2D eigenvalue weighted by Crippen LogP contribution is -2.39. The smallest absolute Gasteiger partial charge is 0.264 e. The van der Waals surface area contributed by atoms with Crippen LogP contribution in [-0.4, -0.2) is 27.1 Å². The number of hydrogen-bond donors (Lipinski definition) is 1. The number of hydrogen-bond acceptors (Lipinski definition) is 5. The first-order chi connectivity index (χ1) is 19.9. The van der Waals surface area contributed by atoms with E-state index in [1.54, 1.807) is 42.5 Å². The fraction of sp³-hybridized carbons (Fsp3) is 0.0625. The van der Waals surface area contributed by atoms with E-state index in [-0.39, 0.29) is 4.90 Å². The predicted octanol–water partition coefficient (Wildman–Crippen LogP) is 6.42. The maximum atomic E-state index is 13.4. The highest BCUT2D eigenvalue weighted by atomic mass is 35.5. The zero-order chi connectivity index (χ0) is 28.7. The van der Waals surface area contributed by atoms with Crippen molar-refractivity contribution in [1.29, 1.82) is 0 Å². The maximum Gasteiger partial charge on any atom is 0.264 e. The Morgan fingerprint density at radius 2 is 1.51 bits per heavy atom. The number of sulfonamides is 1. The van der Waals surface area contributed by atoms with Gasteiger partial charge in [0.1, 0.15) is 18.9 Å². The second-order valence-corrected chi connectivity index (χ2v) is 11.4. The number of anilines is 1. The van der Waals surface area contributed by atoms with Gasteiger partial charge in [-0.3, -0.25) is 9.10 Å². The molecule has 5 rings (SSSR count). The molecule has 0 aromatic heterocycles. The summed E-state index contributed by atoms with van der Waals surface area (Å²) >= 11 is 5.98. The molecule has 5 aromatic carbocycles. The molecule has 0 saturated heterocycles. The largest absolute Gasteiger partial charge is 0.489 e. The van der Waals surface area contributed by atoms with Crippen molar-refractivity contribution in [2.75, 3.05) is 10.8 Å². The zero-order valence-electron chi connectivity index (χ0n) is 21.9. The van der Waals surface area contributed by atoms with Crippen molar-refractivity contribution in [3.05, 3.63) is 137 Å². The lowest BCUT2D eigenvalue weighted by atomic mass is 10.1. The van der Waals surface area contributed by atoms with Crippen LogP contribution in [0, 0.1) is 0 Å². The summed E-state index contributed by atoms with van der Waals surface area (Å²) in [6.07, 6.45) is 1.48. The molecule has 206 valence electrons. The van der Waals surface area contributed by atoms with Crippen LogP contribution in [0.15, 0.2) is 131 Å². The fourth-order valence-corrected chi connectivity index (χ4v) is 5.78. The number of carbonyl (C=O) groups is 1. The van der Waals surface area contributed by atoms with Crippen molar-refractivity contribution in [3.63, 3.8) is 0 Å². The van der Waals surface area contributed by atoms with E-state index in [1.165, 1.54) is 18.3 Å². The lowest BCUT2D eigenvalue weighted by molar-refractivity contribution is -0.119. The Morgan fingerprint density at radius 1 is 0.829 bits per heavy atom. The van der Waals surface area contributed by atoms with Crippen LogP contribution in [0.2, 0.25) is 5.02 Å². The van der Waals surface area contributed by atoms with Crippen molar-refractivity contribution in [1.82, 2.24) is 5.43 Å². The summed E-state index contributed by atoms with van der Waals surface area (Å²) in [6, 6.07) is 35.7. The minimum atomic E-state index is -4.02. The van der Waals surface area contributed by atoms with E-state index in [4.69, 9.17) is 16.3 Å². The van der Waals surface area contributed by atoms with Gasteiger partial charge < -0.3 is 4.74 Å². The minimum absolute atomic E-state index is 0.0639. The zero-order valence-corrected chi connectivity index (χ0v) is 23.4. The summed E-state index contributed by atoms with van der Waals surface area (Å²) in [5, 5.41) is 6.77. The molecular weight excluding hydrogens is 558 g/mol. The summed E-state index contributed by atoms with van der Waals surface area (Å²) in [5.41, 5.74) is 4.54. The lowest BCUT2D eigenvalue weighted by Gasteiger charge is -2.23. The number of benzene rings is 5. The van der Waals surface area contributed by atoms with Crippen molar-refractivity contribution in [2.24, 2.45) is 5.10 Å². The van der Waals surface area contributed by atoms with Crippen molar-refractivity contribution >= 4 is 50.2 Å². The molecule has 0 fully saturated rings. The molecule has 9 heteroatoms. The SMILES string of the molecule is O=C(CN(c1ccc(Cl)cc1)S(=O)(=O)c1ccccc1)N/N=C\c1ccc(OCc2cccc3ccccc23)cc1. The van der Waals surface area contributed by atoms with E-state index in [0.717, 1.165) is 26.2 Å². The van der Waals surface area contributed by atoms with Gasteiger partial charge in [-0.15, -0.1) is 0 Å². The monoisotopic (exact) mass is 583 g/mol. The van der Waals surface area contributed by atoms with Gasteiger partial charge in [-0.1, -0.05) is 72.3 Å². The van der Waals surface area contributed by atoms with Crippen LogP contribution in [0.4, 0.5) is 5.69 Å². The number of hydrazone groups is 1. The normalized spacial score (nSPS) is 11.4. The highest BCUT2D eigenvalue weighted by Gasteiger charge is 2.27. The Kier molecular flexibility index (Phi) is 8.62. The Labute approximate surface area is 243 Å². The van der Waals surface area contributed by atoms with Gasteiger partial charge in [-0.25, -0.2) is 13.8 Å². The third-order valence-corrected chi connectivity index (χ3v) is 8.33. The predicted molar refractivity (Wildman–Crippen MR) is 163 cm³/mol. The van der Waals surface area contributed by atoms with E-state index in [9.17, 15) is 13.2 Å². The molecule has 5 aromatic rings. The van der Waals surface area contributed by atoms with Crippen LogP contribution in [0.1, 0.15) is 11.1 Å². The molecule has 0 radical (unpaired) electrons. The first-order valence-corrected chi connectivity index (χ1v) is 14.6. The number of nitrogens with zero attached hydrogens (tertiary/aromatic N) is 2. The molecule has 1 N–H and O–H groups in total. The Balaban J connectivity index is 1.21. The molecule has 0 unspecified atom stereocenters. The van der Waals surface area contributed by atoms with E-state index in [2.05, 4.69) is 28.7 Å². The van der Waals surface area contributed by atoms with Crippen molar-refractivity contribution < 1.29 is 17.9 Å². The summed E-state index contributed by atoms with van der Waals surface area (Å²) in [7, 11) is -4.02. The highest BCUT2D eigenvalue weighted by Crippen LogP contribution is 2.25. The van der Waals surface area contributed by atoms with Crippen LogP contribution in [0.5, 0.6) is 5.75 Å². The standard InChI is InChI=1S/C32H26ClN3O4S/c33-27-15-17-28(18-16-27)36(41(38,39)30-10-2-1-3-11-30)22-32(37)35-34-21-24-13-19-29(20-14-24)40-23-26-9-6-8-25-7-4-5-12-31(25)26/h1-21H,22-23H2,(H,35,37)/b34-21-. The number of nitrogens with one attached hydrogen (secondary N) is 1. The molecule has 0 aliphatic carbocycles. The third kappa shape index (κ3) is 6.92. The molecule has 1 amide bonds. The van der Waals surface area contributed by atoms with Crippen LogP contribution < -0.4 is 14.5 Å². The molecule has 0 aliphatic rings. The highest BCUT2D eigenvalue weighted by molar-refractivity contribution is 7.92. The average molecular weight is 584 g/mol. The second-order valence-electron chi connectivity index (χ2n) is 9.09. The molecule has 7 nitrogen and oxygen atoms in total. The molecule has 0 aliphatic heterocycles. The quantitative estimate of drug-likeness (QED) is 0.152. The van der Waals surface area contributed by atoms with E-state index >= 15 is 0 Å². The van der Waals surface area contributed by atoms with Gasteiger partial charge in [-0.05, 0) is 82.6 Å². The molecular formula is C32H26ClN3O4S. The summed E-state index contributed by atoms with van der Waals surface area (Å²) in [6.45, 7) is -0.0436. The number of carbonyl (C=O) groups excluding carboxylic acids is 1. The molecule has 0 bridgehead atoms. The molecule has 0 heterocycles.